The third-order valence-corrected chi connectivity index (χ3v) is 2.96. The van der Waals surface area contributed by atoms with Gasteiger partial charge in [0, 0.05) is 5.92 Å². The average molecular weight is 179 g/mol. The number of aromatic nitrogens is 1. The quantitative estimate of drug-likeness (QED) is 0.631. The van der Waals surface area contributed by atoms with Crippen LogP contribution in [0.15, 0.2) is 21.4 Å². The predicted octanol–water partition coefficient (Wildman–Crippen LogP) is 0.963. The van der Waals surface area contributed by atoms with Crippen LogP contribution in [0, 0.1) is 11.8 Å². The topological polar surface area (TPSA) is 66.2 Å². The Balaban J connectivity index is 1.99. The van der Waals surface area contributed by atoms with Crippen molar-refractivity contribution in [1.82, 2.24) is 4.98 Å². The summed E-state index contributed by atoms with van der Waals surface area (Å²) in [5.41, 5.74) is 0. The third kappa shape index (κ3) is 0.826. The van der Waals surface area contributed by atoms with Gasteiger partial charge in [-0.3, -0.25) is 4.98 Å². The highest BCUT2D eigenvalue weighted by Gasteiger charge is 2.54. The van der Waals surface area contributed by atoms with Crippen LogP contribution >= 0.6 is 0 Å². The third-order valence-electron chi connectivity index (χ3n) is 2.96. The van der Waals surface area contributed by atoms with Crippen molar-refractivity contribution in [2.24, 2.45) is 11.8 Å². The Kier molecular flexibility index (Phi) is 1.12. The molecule has 4 nitrogen and oxygen atoms in total. The number of H-pyrrole nitrogens is 1. The molecule has 1 aromatic rings. The van der Waals surface area contributed by atoms with Gasteiger partial charge in [0.25, 0.3) is 0 Å². The van der Waals surface area contributed by atoms with E-state index < -0.39 is 5.76 Å². The van der Waals surface area contributed by atoms with Gasteiger partial charge in [-0.05, 0) is 18.3 Å². The number of fused-ring (bicyclic) bond motifs is 1. The summed E-state index contributed by atoms with van der Waals surface area (Å²) in [6.07, 6.45) is 5.29. The Morgan fingerprint density at radius 3 is 3.00 bits per heavy atom. The van der Waals surface area contributed by atoms with E-state index in [0.717, 1.165) is 6.42 Å². The maximum absolute atomic E-state index is 10.8. The minimum Gasteiger partial charge on any atom is -0.492 e. The number of aromatic amines is 1. The summed E-state index contributed by atoms with van der Waals surface area (Å²) >= 11 is 0. The van der Waals surface area contributed by atoms with Crippen LogP contribution in [0.5, 0.6) is 5.88 Å². The molecule has 0 bridgehead atoms. The summed E-state index contributed by atoms with van der Waals surface area (Å²) in [7, 11) is 0. The van der Waals surface area contributed by atoms with Crippen molar-refractivity contribution >= 4 is 0 Å². The van der Waals surface area contributed by atoms with Crippen molar-refractivity contribution in [2.45, 2.75) is 12.3 Å². The van der Waals surface area contributed by atoms with Gasteiger partial charge in [0.1, 0.15) is 0 Å². The van der Waals surface area contributed by atoms with Crippen LogP contribution in [-0.4, -0.2) is 10.1 Å². The average Bonchev–Trinajstić information content (AvgIpc) is 2.47. The first-order valence-electron chi connectivity index (χ1n) is 4.36. The van der Waals surface area contributed by atoms with E-state index in [1.54, 1.807) is 0 Å². The molecule has 0 aromatic carbocycles. The van der Waals surface area contributed by atoms with E-state index in [4.69, 9.17) is 4.42 Å². The summed E-state index contributed by atoms with van der Waals surface area (Å²) in [6, 6.07) is 0. The number of hydrogen-bond donors (Lipinski definition) is 2. The molecule has 0 aliphatic heterocycles. The van der Waals surface area contributed by atoms with E-state index in [9.17, 15) is 9.90 Å². The second-order valence-corrected chi connectivity index (χ2v) is 3.66. The van der Waals surface area contributed by atoms with Crippen LogP contribution < -0.4 is 5.76 Å². The predicted molar refractivity (Wildman–Crippen MR) is 44.5 cm³/mol. The van der Waals surface area contributed by atoms with Gasteiger partial charge in [0.05, 0.1) is 0 Å². The summed E-state index contributed by atoms with van der Waals surface area (Å²) < 4.78 is 4.88. The molecule has 13 heavy (non-hydrogen) atoms. The van der Waals surface area contributed by atoms with E-state index in [0.29, 0.717) is 17.6 Å². The second-order valence-electron chi connectivity index (χ2n) is 3.66. The maximum Gasteiger partial charge on any atom is 0.419 e. The van der Waals surface area contributed by atoms with Crippen molar-refractivity contribution in [3.8, 4) is 5.88 Å². The highest BCUT2D eigenvalue weighted by molar-refractivity contribution is 5.33. The van der Waals surface area contributed by atoms with Crippen LogP contribution in [0.2, 0.25) is 0 Å². The molecule has 3 rings (SSSR count). The maximum atomic E-state index is 10.8. The Morgan fingerprint density at radius 1 is 1.62 bits per heavy atom. The van der Waals surface area contributed by atoms with Crippen LogP contribution in [0.4, 0.5) is 0 Å². The molecule has 0 radical (unpaired) electrons. The molecule has 2 N–H and O–H groups in total. The van der Waals surface area contributed by atoms with Crippen molar-refractivity contribution in [3.63, 3.8) is 0 Å². The van der Waals surface area contributed by atoms with Gasteiger partial charge < -0.3 is 9.52 Å². The van der Waals surface area contributed by atoms with Crippen molar-refractivity contribution < 1.29 is 9.52 Å². The van der Waals surface area contributed by atoms with Gasteiger partial charge in [-0.1, -0.05) is 12.2 Å². The Hall–Kier alpha value is -1.45. The SMILES string of the molecule is O=c1[nH]c(O)c(C2C3C=CCC32)o1. The lowest BCUT2D eigenvalue weighted by atomic mass is 10.2. The zero-order valence-corrected chi connectivity index (χ0v) is 6.86. The Bertz CT molecular complexity index is 428. The first-order chi connectivity index (χ1) is 6.27. The molecule has 1 heterocycles. The normalized spacial score (nSPS) is 34.9. The summed E-state index contributed by atoms with van der Waals surface area (Å²) in [6.45, 7) is 0. The molecule has 0 spiro atoms. The van der Waals surface area contributed by atoms with Gasteiger partial charge in [-0.2, -0.15) is 0 Å². The number of allylic oxidation sites excluding steroid dienone is 2. The lowest BCUT2D eigenvalue weighted by molar-refractivity contribution is 0.416. The zero-order valence-electron chi connectivity index (χ0n) is 6.86. The van der Waals surface area contributed by atoms with Crippen molar-refractivity contribution in [2.75, 3.05) is 0 Å². The molecule has 1 fully saturated rings. The molecule has 68 valence electrons. The van der Waals surface area contributed by atoms with Crippen LogP contribution in [0.3, 0.4) is 0 Å². The summed E-state index contributed by atoms with van der Waals surface area (Å²) in [4.78, 5) is 13.0. The second kappa shape index (κ2) is 2.07. The minimum atomic E-state index is -0.568. The van der Waals surface area contributed by atoms with E-state index in [-0.39, 0.29) is 11.8 Å². The van der Waals surface area contributed by atoms with Gasteiger partial charge in [-0.15, -0.1) is 0 Å². The first kappa shape index (κ1) is 7.00. The van der Waals surface area contributed by atoms with E-state index >= 15 is 0 Å². The monoisotopic (exact) mass is 179 g/mol. The highest BCUT2D eigenvalue weighted by Crippen LogP contribution is 2.61. The van der Waals surface area contributed by atoms with E-state index in [1.165, 1.54) is 0 Å². The smallest absolute Gasteiger partial charge is 0.419 e. The fraction of sp³-hybridized carbons (Fsp3) is 0.444. The van der Waals surface area contributed by atoms with Crippen LogP contribution in [0.25, 0.3) is 0 Å². The molecule has 1 aromatic heterocycles. The molecule has 2 aliphatic carbocycles. The molecular formula is C9H9NO3. The molecule has 3 atom stereocenters. The molecule has 4 heteroatoms. The molecule has 0 amide bonds. The summed E-state index contributed by atoms with van der Waals surface area (Å²) in [5.74, 6) is 1.02. The number of oxazole rings is 1. The molecule has 0 saturated heterocycles. The highest BCUT2D eigenvalue weighted by atomic mass is 16.4. The number of hydrogen-bond acceptors (Lipinski definition) is 3. The van der Waals surface area contributed by atoms with E-state index in [2.05, 4.69) is 17.1 Å². The minimum absolute atomic E-state index is 0.0993. The van der Waals surface area contributed by atoms with Crippen LogP contribution in [0.1, 0.15) is 18.1 Å². The Morgan fingerprint density at radius 2 is 2.46 bits per heavy atom. The fourth-order valence-electron chi connectivity index (χ4n) is 2.29. The lowest BCUT2D eigenvalue weighted by Gasteiger charge is -1.93. The molecule has 1 saturated carbocycles. The standard InChI is InChI=1S/C9H9NO3/c11-8-7(13-9(12)10-8)6-4-2-1-3-5(4)6/h1-2,4-6,11H,3H2,(H,10,12). The molecule has 3 unspecified atom stereocenters. The first-order valence-corrected chi connectivity index (χ1v) is 4.36. The number of nitrogens with one attached hydrogen (secondary N) is 1. The van der Waals surface area contributed by atoms with Gasteiger partial charge in [0.2, 0.25) is 5.88 Å². The van der Waals surface area contributed by atoms with Gasteiger partial charge in [-0.25, -0.2) is 4.79 Å². The van der Waals surface area contributed by atoms with E-state index in [1.807, 2.05) is 0 Å². The Labute approximate surface area is 73.9 Å². The number of rotatable bonds is 1. The molecular weight excluding hydrogens is 170 g/mol. The largest absolute Gasteiger partial charge is 0.492 e. The van der Waals surface area contributed by atoms with Crippen molar-refractivity contribution in [3.05, 3.63) is 28.5 Å². The zero-order chi connectivity index (χ0) is 9.00. The fourth-order valence-corrected chi connectivity index (χ4v) is 2.29. The van der Waals surface area contributed by atoms with Gasteiger partial charge >= 0.3 is 5.76 Å². The van der Waals surface area contributed by atoms with Crippen molar-refractivity contribution in [1.29, 1.82) is 0 Å². The number of aromatic hydroxyl groups is 1. The summed E-state index contributed by atoms with van der Waals surface area (Å²) in [5, 5.41) is 9.32. The molecule has 2 aliphatic rings. The lowest BCUT2D eigenvalue weighted by Crippen LogP contribution is -1.93. The van der Waals surface area contributed by atoms with Crippen LogP contribution in [-0.2, 0) is 0 Å². The van der Waals surface area contributed by atoms with Gasteiger partial charge in [0.15, 0.2) is 5.76 Å².